The Morgan fingerprint density at radius 2 is 1.87 bits per heavy atom. The Hall–Kier alpha value is -3.07. The number of ether oxygens (including phenoxy) is 2. The zero-order valence-electron chi connectivity index (χ0n) is 16.9. The van der Waals surface area contributed by atoms with Crippen molar-refractivity contribution in [3.05, 3.63) is 46.8 Å². The summed E-state index contributed by atoms with van der Waals surface area (Å²) >= 11 is 1.28. The van der Waals surface area contributed by atoms with E-state index in [1.54, 1.807) is 26.8 Å². The number of nitrogens with one attached hydrogen (secondary N) is 2. The van der Waals surface area contributed by atoms with E-state index < -0.39 is 29.6 Å². The first kappa shape index (κ1) is 21.6. The average molecular weight is 430 g/mol. The summed E-state index contributed by atoms with van der Waals surface area (Å²) < 4.78 is 10.1. The molecule has 1 aromatic heterocycles. The van der Waals surface area contributed by atoms with E-state index in [1.807, 2.05) is 18.2 Å². The number of aromatic amines is 1. The van der Waals surface area contributed by atoms with Gasteiger partial charge in [0.05, 0.1) is 35.2 Å². The Morgan fingerprint density at radius 3 is 2.60 bits per heavy atom. The van der Waals surface area contributed by atoms with Crippen molar-refractivity contribution in [1.29, 1.82) is 0 Å². The van der Waals surface area contributed by atoms with Crippen LogP contribution in [-0.4, -0.2) is 47.1 Å². The van der Waals surface area contributed by atoms with Crippen molar-refractivity contribution in [2.24, 2.45) is 0 Å². The number of aromatic nitrogens is 1. The minimum Gasteiger partial charge on any atom is -0.462 e. The number of Topliss-reactive ketones (excluding diaryl/α,β-unsaturated/α-hetero) is 1. The van der Waals surface area contributed by atoms with Crippen molar-refractivity contribution in [2.75, 3.05) is 18.5 Å². The lowest BCUT2D eigenvalue weighted by atomic mass is 10.1. The molecule has 158 valence electrons. The maximum absolute atomic E-state index is 12.5. The van der Waals surface area contributed by atoms with E-state index in [0.29, 0.717) is 22.5 Å². The summed E-state index contributed by atoms with van der Waals surface area (Å²) in [5.41, 5.74) is 2.17. The summed E-state index contributed by atoms with van der Waals surface area (Å²) in [5.74, 6) is -1.91. The van der Waals surface area contributed by atoms with Gasteiger partial charge in [0.2, 0.25) is 11.7 Å². The summed E-state index contributed by atoms with van der Waals surface area (Å²) in [6.07, 6.45) is -0.158. The van der Waals surface area contributed by atoms with Gasteiger partial charge in [-0.25, -0.2) is 4.79 Å². The smallest absolute Gasteiger partial charge is 0.340 e. The van der Waals surface area contributed by atoms with E-state index in [1.165, 1.54) is 11.8 Å². The second-order valence-electron chi connectivity index (χ2n) is 6.73. The van der Waals surface area contributed by atoms with Crippen molar-refractivity contribution in [3.63, 3.8) is 0 Å². The Kier molecular flexibility index (Phi) is 6.61. The molecule has 0 unspecified atom stereocenters. The molecule has 1 atom stereocenters. The molecule has 2 aromatic rings. The van der Waals surface area contributed by atoms with E-state index in [2.05, 4.69) is 10.3 Å². The molecule has 0 bridgehead atoms. The van der Waals surface area contributed by atoms with Crippen LogP contribution >= 0.6 is 11.8 Å². The first-order valence-electron chi connectivity index (χ1n) is 9.43. The van der Waals surface area contributed by atoms with Crippen LogP contribution in [-0.2, 0) is 19.1 Å². The first-order valence-corrected chi connectivity index (χ1v) is 10.3. The predicted octanol–water partition coefficient (Wildman–Crippen LogP) is 3.04. The number of amides is 1. The molecular formula is C21H22N2O6S. The summed E-state index contributed by atoms with van der Waals surface area (Å²) in [4.78, 5) is 52.7. The van der Waals surface area contributed by atoms with Gasteiger partial charge in [0.15, 0.2) is 6.61 Å². The molecule has 2 N–H and O–H groups in total. The van der Waals surface area contributed by atoms with Crippen molar-refractivity contribution in [1.82, 2.24) is 4.98 Å². The third kappa shape index (κ3) is 4.56. The zero-order chi connectivity index (χ0) is 21.8. The number of benzene rings is 1. The third-order valence-electron chi connectivity index (χ3n) is 4.62. The van der Waals surface area contributed by atoms with Crippen LogP contribution in [0.3, 0.4) is 0 Å². The van der Waals surface area contributed by atoms with Crippen molar-refractivity contribution in [3.8, 4) is 0 Å². The largest absolute Gasteiger partial charge is 0.462 e. The summed E-state index contributed by atoms with van der Waals surface area (Å²) in [7, 11) is 0. The number of fused-ring (bicyclic) bond motifs is 1. The number of thioether (sulfide) groups is 1. The quantitative estimate of drug-likeness (QED) is 0.512. The molecule has 0 saturated carbocycles. The highest BCUT2D eigenvalue weighted by Gasteiger charge is 2.30. The molecule has 8 nitrogen and oxygen atoms in total. The molecule has 0 radical (unpaired) electrons. The molecule has 30 heavy (non-hydrogen) atoms. The minimum absolute atomic E-state index is 0.158. The highest BCUT2D eigenvalue weighted by molar-refractivity contribution is 8.01. The number of aryl methyl sites for hydroxylation is 1. The van der Waals surface area contributed by atoms with Crippen LogP contribution in [0, 0.1) is 13.8 Å². The second kappa shape index (κ2) is 9.17. The van der Waals surface area contributed by atoms with E-state index in [9.17, 15) is 19.2 Å². The molecule has 0 aliphatic carbocycles. The minimum atomic E-state index is -0.651. The van der Waals surface area contributed by atoms with E-state index in [0.717, 1.165) is 4.90 Å². The lowest BCUT2D eigenvalue weighted by Gasteiger charge is -2.23. The summed E-state index contributed by atoms with van der Waals surface area (Å²) in [6, 6.07) is 7.32. The van der Waals surface area contributed by atoms with Gasteiger partial charge in [0, 0.05) is 10.6 Å². The van der Waals surface area contributed by atoms with Gasteiger partial charge in [-0.1, -0.05) is 12.1 Å². The van der Waals surface area contributed by atoms with Crippen molar-refractivity contribution >= 4 is 41.1 Å². The van der Waals surface area contributed by atoms with Gasteiger partial charge in [0.25, 0.3) is 0 Å². The predicted molar refractivity (Wildman–Crippen MR) is 111 cm³/mol. The summed E-state index contributed by atoms with van der Waals surface area (Å²) in [6.45, 7) is 4.73. The number of para-hydroxylation sites is 1. The number of H-pyrrole nitrogens is 1. The van der Waals surface area contributed by atoms with Crippen LogP contribution in [0.15, 0.2) is 29.2 Å². The number of ketones is 1. The molecule has 1 aliphatic rings. The number of hydrogen-bond donors (Lipinski definition) is 2. The Labute approximate surface area is 177 Å². The summed E-state index contributed by atoms with van der Waals surface area (Å²) in [5, 5.41) is 2.13. The average Bonchev–Trinajstić information content (AvgIpc) is 3.01. The van der Waals surface area contributed by atoms with E-state index in [-0.39, 0.29) is 24.6 Å². The number of anilines is 1. The Balaban J connectivity index is 1.59. The van der Waals surface area contributed by atoms with Crippen molar-refractivity contribution in [2.45, 2.75) is 37.3 Å². The fraction of sp³-hybridized carbons (Fsp3) is 0.333. The van der Waals surface area contributed by atoms with Gasteiger partial charge in [-0.3, -0.25) is 14.4 Å². The lowest BCUT2D eigenvalue weighted by Crippen LogP contribution is -2.31. The maximum atomic E-state index is 12.5. The Bertz CT molecular complexity index is 1010. The molecule has 0 spiro atoms. The standard InChI is InChI=1S/C21H22N2O6S/c1-4-28-21(27)18-11(2)19(22-12(18)3)14(24)10-29-17(25)9-16-20(26)23-13-7-5-6-8-15(13)30-16/h5-8,16,22H,4,9-10H2,1-3H3,(H,23,26)/t16-/m1/s1. The van der Waals surface area contributed by atoms with Crippen LogP contribution < -0.4 is 5.32 Å². The lowest BCUT2D eigenvalue weighted by molar-refractivity contribution is -0.143. The van der Waals surface area contributed by atoms with Gasteiger partial charge >= 0.3 is 11.9 Å². The van der Waals surface area contributed by atoms with Gasteiger partial charge in [-0.2, -0.15) is 0 Å². The number of carbonyl (C=O) groups is 4. The van der Waals surface area contributed by atoms with Gasteiger partial charge in [-0.15, -0.1) is 11.8 Å². The highest BCUT2D eigenvalue weighted by Crippen LogP contribution is 2.36. The first-order chi connectivity index (χ1) is 14.3. The van der Waals surface area contributed by atoms with Gasteiger partial charge < -0.3 is 19.8 Å². The maximum Gasteiger partial charge on any atom is 0.340 e. The number of esters is 2. The topological polar surface area (TPSA) is 115 Å². The fourth-order valence-corrected chi connectivity index (χ4v) is 4.29. The third-order valence-corrected chi connectivity index (χ3v) is 5.89. The Morgan fingerprint density at radius 1 is 1.13 bits per heavy atom. The van der Waals surface area contributed by atoms with Gasteiger partial charge in [-0.05, 0) is 38.5 Å². The molecule has 3 rings (SSSR count). The fourth-order valence-electron chi connectivity index (χ4n) is 3.19. The van der Waals surface area contributed by atoms with E-state index in [4.69, 9.17) is 9.47 Å². The zero-order valence-corrected chi connectivity index (χ0v) is 17.7. The van der Waals surface area contributed by atoms with Crippen LogP contribution in [0.25, 0.3) is 0 Å². The van der Waals surface area contributed by atoms with E-state index >= 15 is 0 Å². The van der Waals surface area contributed by atoms with Crippen LogP contribution in [0.1, 0.15) is 45.4 Å². The molecule has 9 heteroatoms. The molecule has 2 heterocycles. The highest BCUT2D eigenvalue weighted by atomic mass is 32.2. The van der Waals surface area contributed by atoms with Crippen LogP contribution in [0.4, 0.5) is 5.69 Å². The second-order valence-corrected chi connectivity index (χ2v) is 7.97. The number of hydrogen-bond acceptors (Lipinski definition) is 7. The molecule has 1 aliphatic heterocycles. The van der Waals surface area contributed by atoms with Gasteiger partial charge in [0.1, 0.15) is 0 Å². The van der Waals surface area contributed by atoms with Crippen molar-refractivity contribution < 1.29 is 28.7 Å². The normalized spacial score (nSPS) is 15.2. The number of carbonyl (C=O) groups excluding carboxylic acids is 4. The molecule has 0 saturated heterocycles. The molecular weight excluding hydrogens is 408 g/mol. The molecule has 0 fully saturated rings. The molecule has 1 aromatic carbocycles. The molecule has 1 amide bonds. The van der Waals surface area contributed by atoms with Crippen LogP contribution in [0.2, 0.25) is 0 Å². The van der Waals surface area contributed by atoms with Crippen LogP contribution in [0.5, 0.6) is 0 Å². The SMILES string of the molecule is CCOC(=O)c1c(C)[nH]c(C(=O)COC(=O)C[C@H]2Sc3ccccc3NC2=O)c1C. The monoisotopic (exact) mass is 430 g/mol. The number of rotatable bonds is 7.